The van der Waals surface area contributed by atoms with Crippen molar-refractivity contribution in [2.75, 3.05) is 19.6 Å². The first-order valence-corrected chi connectivity index (χ1v) is 10.4. The van der Waals surface area contributed by atoms with E-state index in [1.165, 1.54) is 57.0 Å². The Kier molecular flexibility index (Phi) is 6.40. The molecule has 2 heterocycles. The van der Waals surface area contributed by atoms with Gasteiger partial charge >= 0.3 is 5.97 Å². The highest BCUT2D eigenvalue weighted by Gasteiger charge is 2.26. The number of likely N-dealkylation sites (tertiary alicyclic amines) is 1. The highest BCUT2D eigenvalue weighted by Crippen LogP contribution is 2.41. The number of carbonyl (C=O) groups is 1. The van der Waals surface area contributed by atoms with Gasteiger partial charge in [-0.25, -0.2) is 4.79 Å². The number of benzene rings is 1. The maximum Gasteiger partial charge on any atom is 0.345 e. The van der Waals surface area contributed by atoms with Crippen LogP contribution in [0.4, 0.5) is 0 Å². The number of rotatable bonds is 3. The zero-order chi connectivity index (χ0) is 18.1. The third-order valence-electron chi connectivity index (χ3n) is 5.55. The Hall–Kier alpha value is -1.62. The summed E-state index contributed by atoms with van der Waals surface area (Å²) in [4.78, 5) is 15.8. The second-order valence-corrected chi connectivity index (χ2v) is 8.37. The van der Waals surface area contributed by atoms with E-state index >= 15 is 0 Å². The average Bonchev–Trinajstić information content (AvgIpc) is 3.01. The molecular weight excluding hydrogens is 378 g/mol. The van der Waals surface area contributed by atoms with Gasteiger partial charge in [-0.1, -0.05) is 36.8 Å². The number of fused-ring (bicyclic) bond motifs is 2. The van der Waals surface area contributed by atoms with E-state index in [0.717, 1.165) is 38.8 Å². The number of hydrogen-bond donors (Lipinski definition) is 1. The summed E-state index contributed by atoms with van der Waals surface area (Å²) < 4.78 is 0. The van der Waals surface area contributed by atoms with Crippen molar-refractivity contribution in [3.63, 3.8) is 0 Å². The Morgan fingerprint density at radius 1 is 1.11 bits per heavy atom. The number of aryl methyl sites for hydroxylation is 2. The van der Waals surface area contributed by atoms with Gasteiger partial charge < -0.3 is 10.0 Å². The standard InChI is InChI=1S/C22H25NO2S.ClH/c1-2-11-23-12-9-16(10-13-23)21-17-6-4-3-5-15(17)7-8-19-18(21)14-20(26-19)22(24)25;/h3-6,14H,2,7-13H2,1H3,(H,24,25);1H. The summed E-state index contributed by atoms with van der Waals surface area (Å²) in [7, 11) is 0. The summed E-state index contributed by atoms with van der Waals surface area (Å²) >= 11 is 1.46. The maximum atomic E-state index is 11.5. The largest absolute Gasteiger partial charge is 0.477 e. The van der Waals surface area contributed by atoms with Crippen molar-refractivity contribution in [1.29, 1.82) is 0 Å². The van der Waals surface area contributed by atoms with Crippen LogP contribution in [0.15, 0.2) is 35.9 Å². The smallest absolute Gasteiger partial charge is 0.345 e. The second-order valence-electron chi connectivity index (χ2n) is 7.23. The normalized spacial score (nSPS) is 16.9. The molecule has 144 valence electrons. The Labute approximate surface area is 171 Å². The van der Waals surface area contributed by atoms with E-state index in [-0.39, 0.29) is 12.4 Å². The molecule has 1 fully saturated rings. The van der Waals surface area contributed by atoms with Gasteiger partial charge in [-0.2, -0.15) is 0 Å². The molecule has 1 saturated heterocycles. The van der Waals surface area contributed by atoms with Crippen molar-refractivity contribution >= 4 is 35.3 Å². The zero-order valence-electron chi connectivity index (χ0n) is 15.7. The fraction of sp³-hybridized carbons (Fsp3) is 0.409. The van der Waals surface area contributed by atoms with Gasteiger partial charge in [-0.05, 0) is 67.0 Å². The molecule has 0 spiro atoms. The lowest BCUT2D eigenvalue weighted by atomic mass is 9.87. The van der Waals surface area contributed by atoms with Crippen LogP contribution < -0.4 is 0 Å². The van der Waals surface area contributed by atoms with Gasteiger partial charge in [-0.3, -0.25) is 0 Å². The minimum absolute atomic E-state index is 0. The molecule has 0 radical (unpaired) electrons. The molecular formula is C22H26ClNO2S. The molecule has 2 aromatic rings. The Balaban J connectivity index is 0.00000210. The van der Waals surface area contributed by atoms with Crippen LogP contribution in [0.3, 0.4) is 0 Å². The predicted molar refractivity (Wildman–Crippen MR) is 114 cm³/mol. The molecule has 1 aliphatic carbocycles. The number of carboxylic acids is 1. The number of halogens is 1. The summed E-state index contributed by atoms with van der Waals surface area (Å²) in [5.74, 6) is -0.807. The number of nitrogens with zero attached hydrogens (tertiary/aromatic N) is 1. The van der Waals surface area contributed by atoms with Crippen molar-refractivity contribution in [3.05, 3.63) is 62.3 Å². The summed E-state index contributed by atoms with van der Waals surface area (Å²) in [5.41, 5.74) is 6.72. The van der Waals surface area contributed by atoms with Gasteiger partial charge in [0.15, 0.2) is 0 Å². The molecule has 4 rings (SSSR count). The van der Waals surface area contributed by atoms with Crippen LogP contribution >= 0.6 is 23.7 Å². The molecule has 0 amide bonds. The van der Waals surface area contributed by atoms with Crippen LogP contribution in [0.25, 0.3) is 5.57 Å². The number of aromatic carboxylic acids is 1. The Bertz CT molecular complexity index is 861. The average molecular weight is 404 g/mol. The molecule has 1 aromatic carbocycles. The van der Waals surface area contributed by atoms with Crippen molar-refractivity contribution in [2.24, 2.45) is 0 Å². The lowest BCUT2D eigenvalue weighted by molar-refractivity contribution is 0.0702. The fourth-order valence-corrected chi connectivity index (χ4v) is 5.31. The summed E-state index contributed by atoms with van der Waals surface area (Å²) in [5, 5.41) is 9.48. The summed E-state index contributed by atoms with van der Waals surface area (Å²) in [6.07, 6.45) is 5.29. The SMILES string of the molecule is CCCN1CCC(=C2c3ccccc3CCc3sc(C(=O)O)cc32)CC1.Cl. The van der Waals surface area contributed by atoms with Crippen molar-refractivity contribution in [2.45, 2.75) is 39.0 Å². The van der Waals surface area contributed by atoms with Gasteiger partial charge in [-0.15, -0.1) is 23.7 Å². The van der Waals surface area contributed by atoms with Crippen LogP contribution in [0.5, 0.6) is 0 Å². The summed E-state index contributed by atoms with van der Waals surface area (Å²) in [6, 6.07) is 10.6. The number of piperidine rings is 1. The molecule has 1 aliphatic heterocycles. The number of thiophene rings is 1. The molecule has 0 saturated carbocycles. The zero-order valence-corrected chi connectivity index (χ0v) is 17.3. The van der Waals surface area contributed by atoms with E-state index in [4.69, 9.17) is 0 Å². The van der Waals surface area contributed by atoms with Crippen LogP contribution in [0, 0.1) is 0 Å². The molecule has 1 aromatic heterocycles. The van der Waals surface area contributed by atoms with E-state index < -0.39 is 5.97 Å². The first kappa shape index (κ1) is 20.1. The highest BCUT2D eigenvalue weighted by atomic mass is 35.5. The first-order valence-electron chi connectivity index (χ1n) is 9.56. The van der Waals surface area contributed by atoms with Gasteiger partial charge in [0.05, 0.1) is 0 Å². The molecule has 1 N–H and O–H groups in total. The molecule has 0 atom stereocenters. The van der Waals surface area contributed by atoms with Crippen LogP contribution in [-0.2, 0) is 12.8 Å². The number of hydrogen-bond acceptors (Lipinski definition) is 3. The molecule has 0 unspecified atom stereocenters. The van der Waals surface area contributed by atoms with E-state index in [9.17, 15) is 9.90 Å². The van der Waals surface area contributed by atoms with Gasteiger partial charge in [0.25, 0.3) is 0 Å². The third-order valence-corrected chi connectivity index (χ3v) is 6.73. The molecule has 27 heavy (non-hydrogen) atoms. The monoisotopic (exact) mass is 403 g/mol. The van der Waals surface area contributed by atoms with Gasteiger partial charge in [0, 0.05) is 18.0 Å². The quantitative estimate of drug-likeness (QED) is 0.758. The highest BCUT2D eigenvalue weighted by molar-refractivity contribution is 7.14. The molecule has 5 heteroatoms. The Morgan fingerprint density at radius 2 is 1.85 bits per heavy atom. The fourth-order valence-electron chi connectivity index (χ4n) is 4.30. The summed E-state index contributed by atoms with van der Waals surface area (Å²) in [6.45, 7) is 5.63. The van der Waals surface area contributed by atoms with Gasteiger partial charge in [0.1, 0.15) is 4.88 Å². The molecule has 0 bridgehead atoms. The van der Waals surface area contributed by atoms with Crippen LogP contribution in [0.2, 0.25) is 0 Å². The lowest BCUT2D eigenvalue weighted by Crippen LogP contribution is -2.31. The minimum atomic E-state index is -0.807. The van der Waals surface area contributed by atoms with Crippen LogP contribution in [0.1, 0.15) is 57.4 Å². The topological polar surface area (TPSA) is 40.5 Å². The molecule has 2 aliphatic rings. The Morgan fingerprint density at radius 3 is 2.56 bits per heavy atom. The van der Waals surface area contributed by atoms with Crippen molar-refractivity contribution < 1.29 is 9.90 Å². The van der Waals surface area contributed by atoms with Crippen LogP contribution in [-0.4, -0.2) is 35.6 Å². The van der Waals surface area contributed by atoms with E-state index in [1.54, 1.807) is 0 Å². The minimum Gasteiger partial charge on any atom is -0.477 e. The predicted octanol–water partition coefficient (Wildman–Crippen LogP) is 5.27. The van der Waals surface area contributed by atoms with E-state index in [0.29, 0.717) is 4.88 Å². The first-order chi connectivity index (χ1) is 12.7. The third kappa shape index (κ3) is 3.98. The van der Waals surface area contributed by atoms with E-state index in [1.807, 2.05) is 6.07 Å². The number of carboxylic acid groups (broad SMARTS) is 1. The lowest BCUT2D eigenvalue weighted by Gasteiger charge is -2.30. The van der Waals surface area contributed by atoms with E-state index in [2.05, 4.69) is 36.1 Å². The maximum absolute atomic E-state index is 11.5. The molecule has 3 nitrogen and oxygen atoms in total. The van der Waals surface area contributed by atoms with Crippen molar-refractivity contribution in [1.82, 2.24) is 4.90 Å². The van der Waals surface area contributed by atoms with Gasteiger partial charge in [0.2, 0.25) is 0 Å². The second kappa shape index (κ2) is 8.59. The van der Waals surface area contributed by atoms with Crippen molar-refractivity contribution in [3.8, 4) is 0 Å².